The van der Waals surface area contributed by atoms with Crippen LogP contribution in [0.4, 0.5) is 0 Å². The molecule has 0 amide bonds. The van der Waals surface area contributed by atoms with E-state index < -0.39 is 0 Å². The molecule has 3 rings (SSSR count). The van der Waals surface area contributed by atoms with Crippen molar-refractivity contribution in [2.24, 2.45) is 0 Å². The van der Waals surface area contributed by atoms with E-state index in [0.29, 0.717) is 5.69 Å². The number of benzene rings is 2. The lowest BCUT2D eigenvalue weighted by atomic mass is 9.85. The second kappa shape index (κ2) is 4.34. The van der Waals surface area contributed by atoms with E-state index in [-0.39, 0.29) is 11.2 Å². The largest absolute Gasteiger partial charge is 0.506 e. The Bertz CT molecular complexity index is 736. The van der Waals surface area contributed by atoms with Crippen LogP contribution < -0.4 is 0 Å². The topological polar surface area (TPSA) is 50.9 Å². The number of hydrogen-bond donors (Lipinski definition) is 1. The number of para-hydroxylation sites is 1. The molecule has 102 valence electrons. The number of rotatable bonds is 1. The van der Waals surface area contributed by atoms with Crippen molar-refractivity contribution in [2.45, 2.75) is 26.2 Å². The van der Waals surface area contributed by atoms with E-state index in [1.807, 2.05) is 36.4 Å². The van der Waals surface area contributed by atoms with Crippen LogP contribution in [0.1, 0.15) is 26.3 Å². The third-order valence-electron chi connectivity index (χ3n) is 3.31. The fourth-order valence-corrected chi connectivity index (χ4v) is 2.31. The minimum Gasteiger partial charge on any atom is -0.506 e. The SMILES string of the molecule is CC(C)(C)c1cccc(O)c1-n1nc2ccccc2n1. The summed E-state index contributed by atoms with van der Waals surface area (Å²) in [6.45, 7) is 6.32. The van der Waals surface area contributed by atoms with E-state index in [4.69, 9.17) is 0 Å². The zero-order valence-electron chi connectivity index (χ0n) is 11.8. The number of phenolic OH excluding ortho intramolecular Hbond substituents is 1. The average Bonchev–Trinajstić information content (AvgIpc) is 2.80. The van der Waals surface area contributed by atoms with E-state index in [1.165, 1.54) is 4.80 Å². The lowest BCUT2D eigenvalue weighted by molar-refractivity contribution is 0.461. The highest BCUT2D eigenvalue weighted by Gasteiger charge is 2.22. The smallest absolute Gasteiger partial charge is 0.143 e. The van der Waals surface area contributed by atoms with Crippen LogP contribution in [-0.2, 0) is 5.41 Å². The molecule has 4 nitrogen and oxygen atoms in total. The zero-order valence-corrected chi connectivity index (χ0v) is 11.8. The molecule has 0 saturated heterocycles. The summed E-state index contributed by atoms with van der Waals surface area (Å²) in [5, 5.41) is 19.2. The van der Waals surface area contributed by atoms with Crippen LogP contribution in [0.5, 0.6) is 5.75 Å². The van der Waals surface area contributed by atoms with Gasteiger partial charge < -0.3 is 5.11 Å². The molecule has 0 aliphatic rings. The van der Waals surface area contributed by atoms with E-state index in [0.717, 1.165) is 16.6 Å². The third-order valence-corrected chi connectivity index (χ3v) is 3.31. The molecule has 1 heterocycles. The molecule has 4 heteroatoms. The Kier molecular flexibility index (Phi) is 2.74. The summed E-state index contributed by atoms with van der Waals surface area (Å²) in [7, 11) is 0. The van der Waals surface area contributed by atoms with Crippen LogP contribution in [0, 0.1) is 0 Å². The van der Waals surface area contributed by atoms with Gasteiger partial charge in [-0.25, -0.2) is 0 Å². The Labute approximate surface area is 117 Å². The summed E-state index contributed by atoms with van der Waals surface area (Å²) >= 11 is 0. The van der Waals surface area contributed by atoms with Gasteiger partial charge in [0, 0.05) is 0 Å². The first-order chi connectivity index (χ1) is 9.47. The molecule has 0 unspecified atom stereocenters. The summed E-state index contributed by atoms with van der Waals surface area (Å²) in [4.78, 5) is 1.53. The fourth-order valence-electron chi connectivity index (χ4n) is 2.31. The number of phenols is 1. The molecule has 0 radical (unpaired) electrons. The molecule has 1 aromatic heterocycles. The summed E-state index contributed by atoms with van der Waals surface area (Å²) in [6.07, 6.45) is 0. The summed E-state index contributed by atoms with van der Waals surface area (Å²) < 4.78 is 0. The van der Waals surface area contributed by atoms with E-state index in [2.05, 4.69) is 31.0 Å². The Morgan fingerprint density at radius 3 is 2.05 bits per heavy atom. The third kappa shape index (κ3) is 2.03. The molecule has 0 atom stereocenters. The van der Waals surface area contributed by atoms with Gasteiger partial charge in [-0.3, -0.25) is 0 Å². The fraction of sp³-hybridized carbons (Fsp3) is 0.250. The summed E-state index contributed by atoms with van der Waals surface area (Å²) in [5.41, 5.74) is 3.19. The van der Waals surface area contributed by atoms with E-state index in [1.54, 1.807) is 6.07 Å². The van der Waals surface area contributed by atoms with Crippen molar-refractivity contribution in [1.29, 1.82) is 0 Å². The van der Waals surface area contributed by atoms with Gasteiger partial charge in [0.1, 0.15) is 22.5 Å². The van der Waals surface area contributed by atoms with E-state index in [9.17, 15) is 5.11 Å². The Morgan fingerprint density at radius 1 is 0.900 bits per heavy atom. The first-order valence-electron chi connectivity index (χ1n) is 6.62. The monoisotopic (exact) mass is 267 g/mol. The number of hydrogen-bond acceptors (Lipinski definition) is 3. The molecule has 0 spiro atoms. The van der Waals surface area contributed by atoms with Crippen molar-refractivity contribution >= 4 is 11.0 Å². The Morgan fingerprint density at radius 2 is 1.50 bits per heavy atom. The zero-order chi connectivity index (χ0) is 14.3. The second-order valence-corrected chi connectivity index (χ2v) is 5.90. The maximum atomic E-state index is 10.2. The van der Waals surface area contributed by atoms with Crippen molar-refractivity contribution < 1.29 is 5.11 Å². The molecule has 1 N–H and O–H groups in total. The summed E-state index contributed by atoms with van der Waals surface area (Å²) in [5.74, 6) is 0.192. The van der Waals surface area contributed by atoms with Gasteiger partial charge in [0.05, 0.1) is 0 Å². The Hall–Kier alpha value is -2.36. The normalized spacial score (nSPS) is 11.9. The van der Waals surface area contributed by atoms with Gasteiger partial charge >= 0.3 is 0 Å². The van der Waals surface area contributed by atoms with Gasteiger partial charge in [0.25, 0.3) is 0 Å². The van der Waals surface area contributed by atoms with Gasteiger partial charge in [-0.1, -0.05) is 45.0 Å². The maximum absolute atomic E-state index is 10.2. The molecule has 0 bridgehead atoms. The van der Waals surface area contributed by atoms with Gasteiger partial charge in [0.15, 0.2) is 0 Å². The van der Waals surface area contributed by atoms with Gasteiger partial charge in [-0.2, -0.15) is 0 Å². The molecule has 20 heavy (non-hydrogen) atoms. The highest BCUT2D eigenvalue weighted by Crippen LogP contribution is 2.33. The van der Waals surface area contributed by atoms with Gasteiger partial charge in [0.2, 0.25) is 0 Å². The predicted octanol–water partition coefficient (Wildman–Crippen LogP) is 3.42. The quantitative estimate of drug-likeness (QED) is 0.735. The van der Waals surface area contributed by atoms with E-state index >= 15 is 0 Å². The minimum atomic E-state index is -0.103. The predicted molar refractivity (Wildman–Crippen MR) is 79.2 cm³/mol. The molecular formula is C16H17N3O. The first kappa shape index (κ1) is 12.7. The Balaban J connectivity index is 2.28. The molecular weight excluding hydrogens is 250 g/mol. The molecule has 0 aliphatic heterocycles. The van der Waals surface area contributed by atoms with Crippen LogP contribution in [0.25, 0.3) is 16.7 Å². The highest BCUT2D eigenvalue weighted by atomic mass is 16.3. The average molecular weight is 267 g/mol. The van der Waals surface area contributed by atoms with Crippen molar-refractivity contribution in [3.05, 3.63) is 48.0 Å². The summed E-state index contributed by atoms with van der Waals surface area (Å²) in [6, 6.07) is 13.2. The number of aromatic hydroxyl groups is 1. The van der Waals surface area contributed by atoms with Crippen molar-refractivity contribution in [3.63, 3.8) is 0 Å². The van der Waals surface area contributed by atoms with Crippen LogP contribution >= 0.6 is 0 Å². The van der Waals surface area contributed by atoms with Crippen molar-refractivity contribution in [2.75, 3.05) is 0 Å². The number of nitrogens with zero attached hydrogens (tertiary/aromatic N) is 3. The second-order valence-electron chi connectivity index (χ2n) is 5.90. The number of aromatic nitrogens is 3. The van der Waals surface area contributed by atoms with Crippen LogP contribution in [0.2, 0.25) is 0 Å². The van der Waals surface area contributed by atoms with Crippen LogP contribution in [0.3, 0.4) is 0 Å². The van der Waals surface area contributed by atoms with Crippen LogP contribution in [0.15, 0.2) is 42.5 Å². The van der Waals surface area contributed by atoms with Gasteiger partial charge in [-0.15, -0.1) is 15.0 Å². The lowest BCUT2D eigenvalue weighted by Gasteiger charge is -2.22. The standard InChI is InChI=1S/C16H17N3O/c1-16(2,3)11-7-6-10-14(20)15(11)19-17-12-8-4-5-9-13(12)18-19/h4-10,20H,1-3H3. The molecule has 0 fully saturated rings. The molecule has 3 aromatic rings. The maximum Gasteiger partial charge on any atom is 0.143 e. The minimum absolute atomic E-state index is 0.103. The van der Waals surface area contributed by atoms with Crippen molar-refractivity contribution in [3.8, 4) is 11.4 Å². The van der Waals surface area contributed by atoms with Crippen LogP contribution in [-0.4, -0.2) is 20.1 Å². The molecule has 2 aromatic carbocycles. The highest BCUT2D eigenvalue weighted by molar-refractivity contribution is 5.74. The molecule has 0 aliphatic carbocycles. The first-order valence-corrected chi connectivity index (χ1v) is 6.62. The van der Waals surface area contributed by atoms with Gasteiger partial charge in [-0.05, 0) is 29.2 Å². The number of fused-ring (bicyclic) bond motifs is 1. The lowest BCUT2D eigenvalue weighted by Crippen LogP contribution is -2.16. The molecule has 0 saturated carbocycles. The van der Waals surface area contributed by atoms with Crippen molar-refractivity contribution in [1.82, 2.24) is 15.0 Å².